The van der Waals surface area contributed by atoms with E-state index in [2.05, 4.69) is 16.3 Å². The molecule has 2 N–H and O–H groups in total. The van der Waals surface area contributed by atoms with Gasteiger partial charge in [0, 0.05) is 60.7 Å². The molecule has 0 amide bonds. The van der Waals surface area contributed by atoms with Crippen molar-refractivity contribution in [1.82, 2.24) is 0 Å². The van der Waals surface area contributed by atoms with Crippen LogP contribution in [-0.2, 0) is 0 Å². The van der Waals surface area contributed by atoms with Crippen molar-refractivity contribution in [3.63, 3.8) is 0 Å². The molecule has 100 valence electrons. The number of benzene rings is 2. The van der Waals surface area contributed by atoms with Crippen molar-refractivity contribution in [2.45, 2.75) is 5.92 Å². The maximum atomic E-state index is 10.2. The Morgan fingerprint density at radius 1 is 1.42 bits per heavy atom. The lowest BCUT2D eigenvalue weighted by atomic mass is 9.94. The highest BCUT2D eigenvalue weighted by Gasteiger charge is 2.26. The fourth-order valence-corrected chi connectivity index (χ4v) is 3.14. The number of aromatic hydroxyl groups is 1. The van der Waals surface area contributed by atoms with E-state index in [0.717, 1.165) is 28.7 Å². The van der Waals surface area contributed by atoms with Crippen molar-refractivity contribution in [2.75, 3.05) is 36.7 Å². The van der Waals surface area contributed by atoms with Crippen LogP contribution in [0.25, 0.3) is 10.8 Å². The second-order valence-corrected chi connectivity index (χ2v) is 5.49. The largest absolute Gasteiger partial charge is 0.507 e. The van der Waals surface area contributed by atoms with E-state index >= 15 is 0 Å². The minimum atomic E-state index is 0.292. The number of hydrogen-bond acceptors (Lipinski definition) is 3. The quantitative estimate of drug-likeness (QED) is 0.826. The second-order valence-electron chi connectivity index (χ2n) is 5.18. The molecule has 0 aliphatic carbocycles. The molecule has 1 atom stereocenters. The summed E-state index contributed by atoms with van der Waals surface area (Å²) in [4.78, 5) is 2.08. The Morgan fingerprint density at radius 3 is 2.89 bits per heavy atom. The van der Waals surface area contributed by atoms with Crippen LogP contribution < -0.4 is 10.2 Å². The Labute approximate surface area is 117 Å². The number of nitrogens with one attached hydrogen (secondary N) is 1. The van der Waals surface area contributed by atoms with Gasteiger partial charge in [-0.1, -0.05) is 12.1 Å². The van der Waals surface area contributed by atoms with Gasteiger partial charge in [-0.15, -0.1) is 11.6 Å². The third-order valence-corrected chi connectivity index (χ3v) is 4.15. The van der Waals surface area contributed by atoms with Crippen LogP contribution >= 0.6 is 11.6 Å². The van der Waals surface area contributed by atoms with E-state index < -0.39 is 0 Å². The van der Waals surface area contributed by atoms with Crippen LogP contribution in [0.1, 0.15) is 11.5 Å². The Hall–Kier alpha value is -1.61. The van der Waals surface area contributed by atoms with Gasteiger partial charge in [0.25, 0.3) is 0 Å². The highest BCUT2D eigenvalue weighted by molar-refractivity contribution is 6.19. The topological polar surface area (TPSA) is 35.5 Å². The predicted molar refractivity (Wildman–Crippen MR) is 81.9 cm³/mol. The Bertz CT molecular complexity index is 640. The number of phenolic OH excluding ortho intramolecular Hbond substituents is 1. The van der Waals surface area contributed by atoms with Crippen molar-refractivity contribution in [3.05, 3.63) is 29.8 Å². The van der Waals surface area contributed by atoms with E-state index in [1.165, 1.54) is 5.56 Å². The lowest BCUT2D eigenvalue weighted by Gasteiger charge is -2.20. The third-order valence-electron chi connectivity index (χ3n) is 3.77. The first kappa shape index (κ1) is 12.4. The van der Waals surface area contributed by atoms with Gasteiger partial charge in [0.15, 0.2) is 0 Å². The van der Waals surface area contributed by atoms with Gasteiger partial charge in [-0.05, 0) is 11.6 Å². The summed E-state index contributed by atoms with van der Waals surface area (Å²) in [7, 11) is 4.03. The molecule has 4 heteroatoms. The first-order valence-electron chi connectivity index (χ1n) is 6.39. The second kappa shape index (κ2) is 4.49. The molecule has 1 heterocycles. The molecule has 0 unspecified atom stereocenters. The molecule has 19 heavy (non-hydrogen) atoms. The zero-order valence-corrected chi connectivity index (χ0v) is 11.8. The molecule has 0 fully saturated rings. The van der Waals surface area contributed by atoms with Gasteiger partial charge < -0.3 is 15.3 Å². The summed E-state index contributed by atoms with van der Waals surface area (Å²) in [6.45, 7) is 0.832. The van der Waals surface area contributed by atoms with Crippen molar-refractivity contribution in [1.29, 1.82) is 0 Å². The van der Waals surface area contributed by atoms with Crippen molar-refractivity contribution < 1.29 is 5.11 Å². The van der Waals surface area contributed by atoms with Gasteiger partial charge in [0.05, 0.1) is 0 Å². The molecule has 0 aromatic heterocycles. The molecule has 2 aromatic rings. The van der Waals surface area contributed by atoms with E-state index in [1.807, 2.05) is 32.3 Å². The molecule has 1 aliphatic heterocycles. The van der Waals surface area contributed by atoms with Gasteiger partial charge in [-0.25, -0.2) is 0 Å². The third kappa shape index (κ3) is 1.80. The molecule has 3 nitrogen and oxygen atoms in total. The molecule has 0 saturated heterocycles. The maximum Gasteiger partial charge on any atom is 0.125 e. The fourth-order valence-electron chi connectivity index (χ4n) is 2.87. The Morgan fingerprint density at radius 2 is 2.21 bits per heavy atom. The Balaban J connectivity index is 2.42. The molecular formula is C15H17ClN2O. The van der Waals surface area contributed by atoms with Crippen LogP contribution in [0.5, 0.6) is 5.75 Å². The smallest absolute Gasteiger partial charge is 0.125 e. The maximum absolute atomic E-state index is 10.2. The fraction of sp³-hybridized carbons (Fsp3) is 0.333. The lowest BCUT2D eigenvalue weighted by molar-refractivity contribution is 0.482. The number of hydrogen-bond donors (Lipinski definition) is 2. The highest BCUT2D eigenvalue weighted by Crippen LogP contribution is 2.45. The SMILES string of the molecule is CN(C)c1cccc2c(O)cc3c(c12)[C@H](CCl)CN3. The van der Waals surface area contributed by atoms with E-state index in [1.54, 1.807) is 0 Å². The monoisotopic (exact) mass is 276 g/mol. The lowest BCUT2D eigenvalue weighted by Crippen LogP contribution is -2.10. The van der Waals surface area contributed by atoms with Crippen LogP contribution in [-0.4, -0.2) is 31.6 Å². The summed E-state index contributed by atoms with van der Waals surface area (Å²) in [6.07, 6.45) is 0. The van der Waals surface area contributed by atoms with E-state index in [4.69, 9.17) is 11.6 Å². The van der Waals surface area contributed by atoms with Crippen LogP contribution in [0.15, 0.2) is 24.3 Å². The van der Waals surface area contributed by atoms with Crippen molar-refractivity contribution >= 4 is 33.7 Å². The van der Waals surface area contributed by atoms with Crippen LogP contribution in [0.2, 0.25) is 0 Å². The Kier molecular flexibility index (Phi) is 2.94. The number of fused-ring (bicyclic) bond motifs is 3. The average molecular weight is 277 g/mol. The van der Waals surface area contributed by atoms with Gasteiger partial charge in [0.1, 0.15) is 5.75 Å². The van der Waals surface area contributed by atoms with Crippen molar-refractivity contribution in [3.8, 4) is 5.75 Å². The number of anilines is 2. The molecular weight excluding hydrogens is 260 g/mol. The van der Waals surface area contributed by atoms with E-state index in [9.17, 15) is 5.11 Å². The van der Waals surface area contributed by atoms with Crippen LogP contribution in [0.3, 0.4) is 0 Å². The van der Waals surface area contributed by atoms with E-state index in [-0.39, 0.29) is 0 Å². The highest BCUT2D eigenvalue weighted by atomic mass is 35.5. The predicted octanol–water partition coefficient (Wildman–Crippen LogP) is 3.36. The van der Waals surface area contributed by atoms with Gasteiger partial charge in [-0.2, -0.15) is 0 Å². The van der Waals surface area contributed by atoms with Gasteiger partial charge in [-0.3, -0.25) is 0 Å². The normalized spacial score (nSPS) is 17.3. The minimum absolute atomic E-state index is 0.292. The molecule has 1 aliphatic rings. The number of nitrogens with zero attached hydrogens (tertiary/aromatic N) is 1. The number of rotatable bonds is 2. The summed E-state index contributed by atoms with van der Waals surface area (Å²) in [6, 6.07) is 7.82. The average Bonchev–Trinajstić information content (AvgIpc) is 2.81. The molecule has 3 rings (SSSR count). The molecule has 0 saturated carbocycles. The number of halogens is 1. The van der Waals surface area contributed by atoms with Crippen LogP contribution in [0, 0.1) is 0 Å². The summed E-state index contributed by atoms with van der Waals surface area (Å²) in [5.41, 5.74) is 3.35. The van der Waals surface area contributed by atoms with Gasteiger partial charge in [0.2, 0.25) is 0 Å². The van der Waals surface area contributed by atoms with E-state index in [0.29, 0.717) is 17.5 Å². The van der Waals surface area contributed by atoms with Crippen LogP contribution in [0.4, 0.5) is 11.4 Å². The number of phenols is 1. The summed E-state index contributed by atoms with van der Waals surface area (Å²) < 4.78 is 0. The molecule has 2 aromatic carbocycles. The summed E-state index contributed by atoms with van der Waals surface area (Å²) in [5.74, 6) is 1.20. The molecule has 0 bridgehead atoms. The summed E-state index contributed by atoms with van der Waals surface area (Å²) in [5, 5.41) is 15.5. The number of alkyl halides is 1. The zero-order valence-electron chi connectivity index (χ0n) is 11.1. The van der Waals surface area contributed by atoms with Crippen molar-refractivity contribution in [2.24, 2.45) is 0 Å². The molecule has 0 spiro atoms. The summed E-state index contributed by atoms with van der Waals surface area (Å²) >= 11 is 6.09. The first-order chi connectivity index (χ1) is 9.13. The minimum Gasteiger partial charge on any atom is -0.507 e. The zero-order chi connectivity index (χ0) is 13.6. The van der Waals surface area contributed by atoms with Gasteiger partial charge >= 0.3 is 0 Å². The first-order valence-corrected chi connectivity index (χ1v) is 6.92. The standard InChI is InChI=1S/C15H17ClN2O/c1-18(2)12-5-3-4-10-13(19)6-11-14(15(10)12)9(7-16)8-17-11/h3-6,9,17,19H,7-8H2,1-2H3/t9-/m1/s1. The molecule has 0 radical (unpaired) electrons.